The van der Waals surface area contributed by atoms with Crippen LogP contribution in [0, 0.1) is 0 Å². The monoisotopic (exact) mass is 176 g/mol. The molecule has 1 saturated carbocycles. The summed E-state index contributed by atoms with van der Waals surface area (Å²) in [5.41, 5.74) is 8.10. The van der Waals surface area contributed by atoms with Gasteiger partial charge in [-0.25, -0.2) is 0 Å². The van der Waals surface area contributed by atoms with Crippen LogP contribution in [0.4, 0.5) is 5.69 Å². The number of nitrogens with two attached hydrogens (primary N) is 1. The number of nitrogens with zero attached hydrogens (tertiary/aromatic N) is 1. The Kier molecular flexibility index (Phi) is 2.23. The summed E-state index contributed by atoms with van der Waals surface area (Å²) in [7, 11) is 2.16. The zero-order chi connectivity index (χ0) is 9.26. The number of benzene rings is 1. The minimum atomic E-state index is 0.631. The molecule has 13 heavy (non-hydrogen) atoms. The van der Waals surface area contributed by atoms with Gasteiger partial charge in [0, 0.05) is 25.3 Å². The van der Waals surface area contributed by atoms with Crippen molar-refractivity contribution in [1.82, 2.24) is 0 Å². The zero-order valence-electron chi connectivity index (χ0n) is 8.03. The molecule has 0 radical (unpaired) electrons. The maximum atomic E-state index is 5.59. The molecular formula is C11H16N2. The molecule has 0 spiro atoms. The van der Waals surface area contributed by atoms with E-state index < -0.39 is 0 Å². The van der Waals surface area contributed by atoms with Crippen LogP contribution in [0.5, 0.6) is 0 Å². The number of rotatable bonds is 3. The first-order chi connectivity index (χ1) is 6.31. The minimum absolute atomic E-state index is 0.631. The summed E-state index contributed by atoms with van der Waals surface area (Å²) >= 11 is 0. The molecule has 0 aromatic heterocycles. The van der Waals surface area contributed by atoms with Crippen molar-refractivity contribution < 1.29 is 0 Å². The fraction of sp³-hybridized carbons (Fsp3) is 0.455. The van der Waals surface area contributed by atoms with Crippen LogP contribution < -0.4 is 10.6 Å². The molecule has 0 heterocycles. The molecule has 1 fully saturated rings. The molecule has 2 nitrogen and oxygen atoms in total. The van der Waals surface area contributed by atoms with E-state index in [-0.39, 0.29) is 0 Å². The highest BCUT2D eigenvalue weighted by Gasteiger charge is 2.26. The van der Waals surface area contributed by atoms with E-state index in [1.807, 2.05) is 0 Å². The van der Waals surface area contributed by atoms with Crippen LogP contribution in [-0.4, -0.2) is 13.1 Å². The van der Waals surface area contributed by atoms with Gasteiger partial charge in [-0.05, 0) is 30.5 Å². The third-order valence-corrected chi connectivity index (χ3v) is 2.65. The zero-order valence-corrected chi connectivity index (χ0v) is 8.03. The summed E-state index contributed by atoms with van der Waals surface area (Å²) in [6, 6.07) is 9.25. The Balaban J connectivity index is 2.18. The van der Waals surface area contributed by atoms with Gasteiger partial charge in [0.1, 0.15) is 0 Å². The normalized spacial score (nSPS) is 15.8. The van der Waals surface area contributed by atoms with Crippen LogP contribution in [0.25, 0.3) is 0 Å². The summed E-state index contributed by atoms with van der Waals surface area (Å²) < 4.78 is 0. The van der Waals surface area contributed by atoms with Crippen molar-refractivity contribution in [1.29, 1.82) is 0 Å². The first-order valence-electron chi connectivity index (χ1n) is 4.83. The topological polar surface area (TPSA) is 29.3 Å². The summed E-state index contributed by atoms with van der Waals surface area (Å²) in [4.78, 5) is 2.35. The third kappa shape index (κ3) is 1.83. The Bertz CT molecular complexity index is 292. The first-order valence-corrected chi connectivity index (χ1v) is 4.83. The average Bonchev–Trinajstić information content (AvgIpc) is 3.00. The Morgan fingerprint density at radius 1 is 1.46 bits per heavy atom. The van der Waals surface area contributed by atoms with Crippen molar-refractivity contribution in [3.63, 3.8) is 0 Å². The van der Waals surface area contributed by atoms with E-state index in [4.69, 9.17) is 5.73 Å². The van der Waals surface area contributed by atoms with Gasteiger partial charge in [0.15, 0.2) is 0 Å². The van der Waals surface area contributed by atoms with Crippen LogP contribution in [0.3, 0.4) is 0 Å². The molecular weight excluding hydrogens is 160 g/mol. The van der Waals surface area contributed by atoms with Crippen molar-refractivity contribution in [3.05, 3.63) is 29.8 Å². The quantitative estimate of drug-likeness (QED) is 0.760. The van der Waals surface area contributed by atoms with Crippen LogP contribution in [0.15, 0.2) is 24.3 Å². The molecule has 70 valence electrons. The van der Waals surface area contributed by atoms with Crippen molar-refractivity contribution in [2.45, 2.75) is 25.4 Å². The van der Waals surface area contributed by atoms with Crippen molar-refractivity contribution in [3.8, 4) is 0 Å². The van der Waals surface area contributed by atoms with E-state index in [2.05, 4.69) is 36.2 Å². The second-order valence-electron chi connectivity index (χ2n) is 3.72. The molecule has 0 bridgehead atoms. The van der Waals surface area contributed by atoms with Crippen LogP contribution >= 0.6 is 0 Å². The van der Waals surface area contributed by atoms with Gasteiger partial charge in [0.2, 0.25) is 0 Å². The highest BCUT2D eigenvalue weighted by Crippen LogP contribution is 2.30. The lowest BCUT2D eigenvalue weighted by atomic mass is 10.2. The largest absolute Gasteiger partial charge is 0.372 e. The molecule has 2 rings (SSSR count). The number of hydrogen-bond donors (Lipinski definition) is 1. The molecule has 1 aliphatic rings. The van der Waals surface area contributed by atoms with Gasteiger partial charge in [-0.3, -0.25) is 0 Å². The lowest BCUT2D eigenvalue weighted by Gasteiger charge is -2.19. The summed E-state index contributed by atoms with van der Waals surface area (Å²) in [6.45, 7) is 0.631. The third-order valence-electron chi connectivity index (χ3n) is 2.65. The lowest BCUT2D eigenvalue weighted by Crippen LogP contribution is -2.19. The van der Waals surface area contributed by atoms with Gasteiger partial charge in [0.25, 0.3) is 0 Å². The lowest BCUT2D eigenvalue weighted by molar-refractivity contribution is 0.913. The van der Waals surface area contributed by atoms with Gasteiger partial charge in [-0.15, -0.1) is 0 Å². The van der Waals surface area contributed by atoms with E-state index >= 15 is 0 Å². The van der Waals surface area contributed by atoms with Crippen molar-refractivity contribution in [2.75, 3.05) is 11.9 Å². The molecule has 2 heteroatoms. The predicted octanol–water partition coefficient (Wildman–Crippen LogP) is 1.74. The fourth-order valence-electron chi connectivity index (χ4n) is 1.58. The number of hydrogen-bond acceptors (Lipinski definition) is 2. The minimum Gasteiger partial charge on any atom is -0.372 e. The van der Waals surface area contributed by atoms with Gasteiger partial charge >= 0.3 is 0 Å². The van der Waals surface area contributed by atoms with Gasteiger partial charge < -0.3 is 10.6 Å². The molecule has 2 N–H and O–H groups in total. The highest BCUT2D eigenvalue weighted by molar-refractivity contribution is 5.49. The molecule has 0 atom stereocenters. The van der Waals surface area contributed by atoms with Crippen molar-refractivity contribution >= 4 is 5.69 Å². The Morgan fingerprint density at radius 2 is 2.23 bits per heavy atom. The summed E-state index contributed by atoms with van der Waals surface area (Å²) in [5, 5.41) is 0. The van der Waals surface area contributed by atoms with Gasteiger partial charge in [0.05, 0.1) is 0 Å². The Morgan fingerprint density at radius 3 is 2.85 bits per heavy atom. The maximum absolute atomic E-state index is 5.59. The number of anilines is 1. The standard InChI is InChI=1S/C11H16N2/c1-13(10-5-6-10)11-4-2-3-9(7-11)8-12/h2-4,7,10H,5-6,8,12H2,1H3. The molecule has 0 unspecified atom stereocenters. The van der Waals surface area contributed by atoms with E-state index in [9.17, 15) is 0 Å². The summed E-state index contributed by atoms with van der Waals surface area (Å²) in [5.74, 6) is 0. The van der Waals surface area contributed by atoms with E-state index in [0.717, 1.165) is 6.04 Å². The van der Waals surface area contributed by atoms with Gasteiger partial charge in [-0.1, -0.05) is 12.1 Å². The molecule has 1 aromatic carbocycles. The van der Waals surface area contributed by atoms with Crippen LogP contribution in [-0.2, 0) is 6.54 Å². The first kappa shape index (κ1) is 8.57. The Labute approximate surface area is 79.4 Å². The van der Waals surface area contributed by atoms with E-state index in [1.165, 1.54) is 24.1 Å². The van der Waals surface area contributed by atoms with Crippen LogP contribution in [0.2, 0.25) is 0 Å². The Hall–Kier alpha value is -1.02. The maximum Gasteiger partial charge on any atom is 0.0369 e. The van der Waals surface area contributed by atoms with Crippen molar-refractivity contribution in [2.24, 2.45) is 5.73 Å². The average molecular weight is 176 g/mol. The fourth-order valence-corrected chi connectivity index (χ4v) is 1.58. The van der Waals surface area contributed by atoms with E-state index in [1.54, 1.807) is 0 Å². The highest BCUT2D eigenvalue weighted by atomic mass is 15.2. The molecule has 0 amide bonds. The van der Waals surface area contributed by atoms with Crippen LogP contribution in [0.1, 0.15) is 18.4 Å². The second-order valence-corrected chi connectivity index (χ2v) is 3.72. The predicted molar refractivity (Wildman–Crippen MR) is 55.8 cm³/mol. The second kappa shape index (κ2) is 3.38. The van der Waals surface area contributed by atoms with Gasteiger partial charge in [-0.2, -0.15) is 0 Å². The smallest absolute Gasteiger partial charge is 0.0369 e. The molecule has 1 aliphatic carbocycles. The SMILES string of the molecule is CN(c1cccc(CN)c1)C1CC1. The molecule has 1 aromatic rings. The van der Waals surface area contributed by atoms with E-state index in [0.29, 0.717) is 6.54 Å². The summed E-state index contributed by atoms with van der Waals surface area (Å²) in [6.07, 6.45) is 2.67. The molecule has 0 saturated heterocycles. The molecule has 0 aliphatic heterocycles.